The number of nitrogens with zero attached hydrogens (tertiary/aromatic N) is 1. The van der Waals surface area contributed by atoms with Crippen molar-refractivity contribution in [2.45, 2.75) is 12.5 Å². The Labute approximate surface area is 127 Å². The molecule has 2 aromatic carbocycles. The highest BCUT2D eigenvalue weighted by Crippen LogP contribution is 2.25. The van der Waals surface area contributed by atoms with Crippen LogP contribution < -0.4 is 5.73 Å². The highest BCUT2D eigenvalue weighted by molar-refractivity contribution is 6.30. The second kappa shape index (κ2) is 5.80. The van der Waals surface area contributed by atoms with Crippen LogP contribution in [0.1, 0.15) is 17.2 Å². The van der Waals surface area contributed by atoms with Crippen molar-refractivity contribution in [3.63, 3.8) is 0 Å². The summed E-state index contributed by atoms with van der Waals surface area (Å²) in [5.74, 6) is -0.414. The van der Waals surface area contributed by atoms with Gasteiger partial charge in [-0.25, -0.2) is 4.39 Å². The first kappa shape index (κ1) is 14.0. The molecular weight excluding hydrogens is 287 g/mol. The number of rotatable bonds is 3. The van der Waals surface area contributed by atoms with Crippen molar-refractivity contribution in [2.24, 2.45) is 5.73 Å². The van der Waals surface area contributed by atoms with E-state index in [2.05, 4.69) is 4.98 Å². The van der Waals surface area contributed by atoms with Crippen molar-refractivity contribution in [3.05, 3.63) is 76.7 Å². The molecule has 3 aromatic rings. The van der Waals surface area contributed by atoms with Crippen molar-refractivity contribution in [2.75, 3.05) is 0 Å². The lowest BCUT2D eigenvalue weighted by atomic mass is 9.96. The van der Waals surface area contributed by atoms with Crippen LogP contribution in [0.4, 0.5) is 4.39 Å². The first-order chi connectivity index (χ1) is 10.1. The number of benzene rings is 2. The number of aromatic nitrogens is 1. The van der Waals surface area contributed by atoms with Crippen LogP contribution >= 0.6 is 11.6 Å². The molecule has 0 radical (unpaired) electrons. The predicted molar refractivity (Wildman–Crippen MR) is 83.8 cm³/mol. The summed E-state index contributed by atoms with van der Waals surface area (Å²) in [7, 11) is 0. The van der Waals surface area contributed by atoms with Crippen LogP contribution in [0.25, 0.3) is 10.9 Å². The molecule has 0 spiro atoms. The zero-order valence-electron chi connectivity index (χ0n) is 11.3. The molecule has 21 heavy (non-hydrogen) atoms. The van der Waals surface area contributed by atoms with Gasteiger partial charge in [0.2, 0.25) is 0 Å². The second-order valence-corrected chi connectivity index (χ2v) is 5.38. The van der Waals surface area contributed by atoms with Crippen LogP contribution in [0.5, 0.6) is 0 Å². The van der Waals surface area contributed by atoms with Crippen LogP contribution in [-0.4, -0.2) is 4.98 Å². The molecule has 1 aromatic heterocycles. The number of pyridine rings is 1. The van der Waals surface area contributed by atoms with E-state index in [0.29, 0.717) is 6.42 Å². The SMILES string of the molecule is NC(Cc1ccc(F)c(Cl)c1)c1cccc2ncccc12. The molecule has 0 amide bonds. The summed E-state index contributed by atoms with van der Waals surface area (Å²) in [5, 5.41) is 1.17. The fraction of sp³-hybridized carbons (Fsp3) is 0.118. The Balaban J connectivity index is 1.93. The van der Waals surface area contributed by atoms with Gasteiger partial charge in [0.05, 0.1) is 10.5 Å². The summed E-state index contributed by atoms with van der Waals surface area (Å²) >= 11 is 5.81. The van der Waals surface area contributed by atoms with Gasteiger partial charge in [-0.1, -0.05) is 35.9 Å². The van der Waals surface area contributed by atoms with Crippen molar-refractivity contribution in [1.29, 1.82) is 0 Å². The molecule has 0 aliphatic carbocycles. The molecule has 0 saturated carbocycles. The van der Waals surface area contributed by atoms with Crippen molar-refractivity contribution in [3.8, 4) is 0 Å². The molecule has 1 atom stereocenters. The standard InChI is InChI=1S/C17H14ClFN2/c18-14-9-11(6-7-15(14)19)10-16(20)12-3-1-5-17-13(12)4-2-8-21-17/h1-9,16H,10,20H2. The van der Waals surface area contributed by atoms with Crippen LogP contribution in [0, 0.1) is 5.82 Å². The Morgan fingerprint density at radius 2 is 2.00 bits per heavy atom. The lowest BCUT2D eigenvalue weighted by molar-refractivity contribution is 0.626. The summed E-state index contributed by atoms with van der Waals surface area (Å²) in [4.78, 5) is 4.33. The van der Waals surface area contributed by atoms with E-state index < -0.39 is 5.82 Å². The Hall–Kier alpha value is -1.97. The first-order valence-corrected chi connectivity index (χ1v) is 7.06. The molecule has 2 nitrogen and oxygen atoms in total. The zero-order valence-corrected chi connectivity index (χ0v) is 12.0. The fourth-order valence-corrected chi connectivity index (χ4v) is 2.68. The third-order valence-electron chi connectivity index (χ3n) is 3.52. The topological polar surface area (TPSA) is 38.9 Å². The number of fused-ring (bicyclic) bond motifs is 1. The minimum Gasteiger partial charge on any atom is -0.324 e. The number of hydrogen-bond donors (Lipinski definition) is 1. The van der Waals surface area contributed by atoms with Gasteiger partial charge in [0, 0.05) is 17.6 Å². The minimum atomic E-state index is -0.414. The molecule has 0 saturated heterocycles. The summed E-state index contributed by atoms with van der Waals surface area (Å²) < 4.78 is 13.2. The van der Waals surface area contributed by atoms with Gasteiger partial charge in [0.15, 0.2) is 0 Å². The normalized spacial score (nSPS) is 12.5. The maximum atomic E-state index is 13.2. The molecule has 3 rings (SSSR count). The van der Waals surface area contributed by atoms with Gasteiger partial charge in [-0.05, 0) is 41.8 Å². The van der Waals surface area contributed by atoms with Crippen LogP contribution in [0.15, 0.2) is 54.7 Å². The minimum absolute atomic E-state index is 0.124. The predicted octanol–water partition coefficient (Wildman–Crippen LogP) is 4.27. The molecule has 2 N–H and O–H groups in total. The molecule has 1 heterocycles. The highest BCUT2D eigenvalue weighted by Gasteiger charge is 2.12. The smallest absolute Gasteiger partial charge is 0.141 e. The van der Waals surface area contributed by atoms with Crippen molar-refractivity contribution in [1.82, 2.24) is 4.98 Å². The van der Waals surface area contributed by atoms with E-state index in [1.165, 1.54) is 6.07 Å². The lowest BCUT2D eigenvalue weighted by Crippen LogP contribution is -2.14. The van der Waals surface area contributed by atoms with Gasteiger partial charge in [-0.2, -0.15) is 0 Å². The van der Waals surface area contributed by atoms with E-state index in [-0.39, 0.29) is 11.1 Å². The third kappa shape index (κ3) is 2.89. The van der Waals surface area contributed by atoms with E-state index >= 15 is 0 Å². The van der Waals surface area contributed by atoms with Crippen LogP contribution in [0.2, 0.25) is 5.02 Å². The number of nitrogens with two attached hydrogens (primary N) is 1. The lowest BCUT2D eigenvalue weighted by Gasteiger charge is -2.15. The highest BCUT2D eigenvalue weighted by atomic mass is 35.5. The van der Waals surface area contributed by atoms with Crippen molar-refractivity contribution < 1.29 is 4.39 Å². The molecule has 0 aliphatic heterocycles. The molecule has 1 unspecified atom stereocenters. The average Bonchev–Trinajstić information content (AvgIpc) is 2.50. The summed E-state index contributed by atoms with van der Waals surface area (Å²) in [6, 6.07) is 14.3. The summed E-state index contributed by atoms with van der Waals surface area (Å²) in [6.45, 7) is 0. The van der Waals surface area contributed by atoms with Crippen LogP contribution in [-0.2, 0) is 6.42 Å². The quantitative estimate of drug-likeness (QED) is 0.784. The fourth-order valence-electron chi connectivity index (χ4n) is 2.48. The van der Waals surface area contributed by atoms with Gasteiger partial charge in [0.1, 0.15) is 5.82 Å². The third-order valence-corrected chi connectivity index (χ3v) is 3.81. The maximum Gasteiger partial charge on any atom is 0.141 e. The maximum absolute atomic E-state index is 13.2. The Bertz CT molecular complexity index is 783. The largest absolute Gasteiger partial charge is 0.324 e. The molecule has 0 fully saturated rings. The Kier molecular flexibility index (Phi) is 3.86. The Morgan fingerprint density at radius 1 is 1.14 bits per heavy atom. The van der Waals surface area contributed by atoms with Crippen LogP contribution in [0.3, 0.4) is 0 Å². The summed E-state index contributed by atoms with van der Waals surface area (Å²) in [5.41, 5.74) is 9.18. The van der Waals surface area contributed by atoms with Gasteiger partial charge in [-0.3, -0.25) is 4.98 Å². The van der Waals surface area contributed by atoms with Gasteiger partial charge in [0.25, 0.3) is 0 Å². The van der Waals surface area contributed by atoms with Gasteiger partial charge < -0.3 is 5.73 Å². The van der Waals surface area contributed by atoms with E-state index in [1.807, 2.05) is 30.3 Å². The average molecular weight is 301 g/mol. The van der Waals surface area contributed by atoms with Crippen molar-refractivity contribution >= 4 is 22.5 Å². The van der Waals surface area contributed by atoms with E-state index in [9.17, 15) is 4.39 Å². The number of halogens is 2. The monoisotopic (exact) mass is 300 g/mol. The zero-order chi connectivity index (χ0) is 14.8. The first-order valence-electron chi connectivity index (χ1n) is 6.68. The molecule has 0 aliphatic rings. The second-order valence-electron chi connectivity index (χ2n) is 4.98. The van der Waals surface area contributed by atoms with E-state index in [4.69, 9.17) is 17.3 Å². The van der Waals surface area contributed by atoms with Gasteiger partial charge in [-0.15, -0.1) is 0 Å². The molecule has 106 valence electrons. The molecular formula is C17H14ClFN2. The Morgan fingerprint density at radius 3 is 2.81 bits per heavy atom. The van der Waals surface area contributed by atoms with Gasteiger partial charge >= 0.3 is 0 Å². The van der Waals surface area contributed by atoms with E-state index in [0.717, 1.165) is 22.0 Å². The van der Waals surface area contributed by atoms with E-state index in [1.54, 1.807) is 18.3 Å². The summed E-state index contributed by atoms with van der Waals surface area (Å²) in [6.07, 6.45) is 2.35. The molecule has 0 bridgehead atoms. The number of hydrogen-bond acceptors (Lipinski definition) is 2. The molecule has 4 heteroatoms.